The maximum atomic E-state index is 11.6. The first kappa shape index (κ1) is 10.4. The molecule has 2 aromatic heterocycles. The predicted octanol–water partition coefficient (Wildman–Crippen LogP) is 0.952. The SMILES string of the molecule is Nc1nonc1C(=O)Nc1cc(Cl)ccn1. The number of hydrogen-bond acceptors (Lipinski definition) is 6. The number of rotatable bonds is 2. The van der Waals surface area contributed by atoms with Crippen molar-refractivity contribution in [2.75, 3.05) is 11.1 Å². The number of aromatic nitrogens is 3. The lowest BCUT2D eigenvalue weighted by Gasteiger charge is -2.01. The molecule has 2 aromatic rings. The summed E-state index contributed by atoms with van der Waals surface area (Å²) in [4.78, 5) is 15.5. The molecule has 0 atom stereocenters. The van der Waals surface area contributed by atoms with E-state index >= 15 is 0 Å². The molecule has 0 saturated carbocycles. The van der Waals surface area contributed by atoms with Gasteiger partial charge < -0.3 is 11.1 Å². The van der Waals surface area contributed by atoms with Crippen LogP contribution in [0.5, 0.6) is 0 Å². The van der Waals surface area contributed by atoms with Gasteiger partial charge in [0.05, 0.1) is 0 Å². The number of carbonyl (C=O) groups is 1. The summed E-state index contributed by atoms with van der Waals surface area (Å²) in [5.41, 5.74) is 5.25. The van der Waals surface area contributed by atoms with Crippen molar-refractivity contribution in [2.45, 2.75) is 0 Å². The van der Waals surface area contributed by atoms with Crippen molar-refractivity contribution >= 4 is 29.1 Å². The third-order valence-corrected chi connectivity index (χ3v) is 1.93. The molecule has 82 valence electrons. The highest BCUT2D eigenvalue weighted by Gasteiger charge is 2.16. The van der Waals surface area contributed by atoms with Crippen molar-refractivity contribution in [1.29, 1.82) is 0 Å². The zero-order valence-electron chi connectivity index (χ0n) is 7.85. The molecule has 0 unspecified atom stereocenters. The first-order chi connectivity index (χ1) is 7.66. The van der Waals surface area contributed by atoms with Gasteiger partial charge in [-0.2, -0.15) is 0 Å². The molecule has 0 spiro atoms. The molecule has 0 aliphatic heterocycles. The highest BCUT2D eigenvalue weighted by molar-refractivity contribution is 6.30. The van der Waals surface area contributed by atoms with E-state index in [1.54, 1.807) is 6.07 Å². The molecule has 7 nitrogen and oxygen atoms in total. The molecule has 1 amide bonds. The van der Waals surface area contributed by atoms with Crippen LogP contribution in [0, 0.1) is 0 Å². The van der Waals surface area contributed by atoms with Gasteiger partial charge in [-0.05, 0) is 22.4 Å². The molecule has 2 rings (SSSR count). The minimum Gasteiger partial charge on any atom is -0.379 e. The monoisotopic (exact) mass is 239 g/mol. The number of hydrogen-bond donors (Lipinski definition) is 2. The molecular weight excluding hydrogens is 234 g/mol. The minimum atomic E-state index is -0.562. The Labute approximate surface area is 94.6 Å². The van der Waals surface area contributed by atoms with Gasteiger partial charge in [-0.1, -0.05) is 11.6 Å². The van der Waals surface area contributed by atoms with Gasteiger partial charge in [0.1, 0.15) is 5.82 Å². The first-order valence-corrected chi connectivity index (χ1v) is 4.55. The number of anilines is 2. The van der Waals surface area contributed by atoms with Crippen LogP contribution in [0.25, 0.3) is 0 Å². The number of pyridine rings is 1. The molecule has 0 radical (unpaired) electrons. The summed E-state index contributed by atoms with van der Waals surface area (Å²) < 4.78 is 4.30. The van der Waals surface area contributed by atoms with Crippen LogP contribution >= 0.6 is 11.6 Å². The quantitative estimate of drug-likeness (QED) is 0.808. The molecule has 0 aliphatic rings. The van der Waals surface area contributed by atoms with E-state index in [0.29, 0.717) is 10.8 Å². The summed E-state index contributed by atoms with van der Waals surface area (Å²) in [6.07, 6.45) is 1.46. The average Bonchev–Trinajstić information content (AvgIpc) is 2.64. The molecule has 3 N–H and O–H groups in total. The van der Waals surface area contributed by atoms with E-state index in [1.807, 2.05) is 0 Å². The summed E-state index contributed by atoms with van der Waals surface area (Å²) in [6.45, 7) is 0. The van der Waals surface area contributed by atoms with E-state index in [9.17, 15) is 4.79 Å². The lowest BCUT2D eigenvalue weighted by molar-refractivity contribution is 0.101. The van der Waals surface area contributed by atoms with Gasteiger partial charge in [-0.25, -0.2) is 9.61 Å². The van der Waals surface area contributed by atoms with E-state index < -0.39 is 5.91 Å². The Balaban J connectivity index is 2.17. The van der Waals surface area contributed by atoms with Crippen molar-refractivity contribution in [1.82, 2.24) is 15.3 Å². The Morgan fingerprint density at radius 1 is 1.50 bits per heavy atom. The van der Waals surface area contributed by atoms with Gasteiger partial charge in [0.2, 0.25) is 11.5 Å². The molecule has 0 fully saturated rings. The van der Waals surface area contributed by atoms with Crippen LogP contribution in [0.1, 0.15) is 10.5 Å². The summed E-state index contributed by atoms with van der Waals surface area (Å²) in [5.74, 6) is -0.354. The van der Waals surface area contributed by atoms with Crippen LogP contribution in [-0.4, -0.2) is 21.2 Å². The van der Waals surface area contributed by atoms with E-state index in [4.69, 9.17) is 17.3 Å². The highest BCUT2D eigenvalue weighted by atomic mass is 35.5. The van der Waals surface area contributed by atoms with Crippen LogP contribution < -0.4 is 11.1 Å². The van der Waals surface area contributed by atoms with Gasteiger partial charge in [0.15, 0.2) is 0 Å². The zero-order valence-corrected chi connectivity index (χ0v) is 8.60. The molecule has 0 aliphatic carbocycles. The number of nitrogens with two attached hydrogens (primary N) is 1. The van der Waals surface area contributed by atoms with Gasteiger partial charge in [0.25, 0.3) is 5.91 Å². The smallest absolute Gasteiger partial charge is 0.282 e. The molecule has 8 heteroatoms. The summed E-state index contributed by atoms with van der Waals surface area (Å²) >= 11 is 5.72. The molecule has 0 aromatic carbocycles. The van der Waals surface area contributed by atoms with Crippen LogP contribution in [0.15, 0.2) is 23.0 Å². The number of nitrogens with one attached hydrogen (secondary N) is 1. The normalized spacial score (nSPS) is 10.1. The number of amides is 1. The second-order valence-electron chi connectivity index (χ2n) is 2.81. The standard InChI is InChI=1S/C8H6ClN5O2/c9-4-1-2-11-5(3-4)12-8(15)6-7(10)14-16-13-6/h1-3H,(H2,10,14)(H,11,12,15). The fourth-order valence-corrected chi connectivity index (χ4v) is 1.16. The largest absolute Gasteiger partial charge is 0.379 e. The minimum absolute atomic E-state index is 0.0838. The van der Waals surface area contributed by atoms with Crippen molar-refractivity contribution in [2.24, 2.45) is 0 Å². The summed E-state index contributed by atoms with van der Waals surface area (Å²) in [7, 11) is 0. The third kappa shape index (κ3) is 2.09. The van der Waals surface area contributed by atoms with E-state index in [-0.39, 0.29) is 11.5 Å². The van der Waals surface area contributed by atoms with Gasteiger partial charge >= 0.3 is 0 Å². The Bertz CT molecular complexity index is 527. The van der Waals surface area contributed by atoms with E-state index in [1.165, 1.54) is 12.3 Å². The molecule has 2 heterocycles. The van der Waals surface area contributed by atoms with Crippen molar-refractivity contribution in [3.63, 3.8) is 0 Å². The zero-order chi connectivity index (χ0) is 11.5. The molecule has 16 heavy (non-hydrogen) atoms. The van der Waals surface area contributed by atoms with Gasteiger partial charge in [-0.15, -0.1) is 0 Å². The maximum absolute atomic E-state index is 11.6. The lowest BCUT2D eigenvalue weighted by atomic mass is 10.4. The summed E-state index contributed by atoms with van der Waals surface area (Å²) in [5, 5.41) is 9.54. The average molecular weight is 240 g/mol. The molecule has 0 saturated heterocycles. The van der Waals surface area contributed by atoms with Crippen molar-refractivity contribution in [3.8, 4) is 0 Å². The number of nitrogens with zero attached hydrogens (tertiary/aromatic N) is 3. The van der Waals surface area contributed by atoms with Crippen LogP contribution in [0.3, 0.4) is 0 Å². The maximum Gasteiger partial charge on any atom is 0.282 e. The summed E-state index contributed by atoms with van der Waals surface area (Å²) in [6, 6.07) is 3.08. The third-order valence-electron chi connectivity index (χ3n) is 1.69. The first-order valence-electron chi connectivity index (χ1n) is 4.18. The molecular formula is C8H6ClN5O2. The van der Waals surface area contributed by atoms with Crippen LogP contribution in [0.4, 0.5) is 11.6 Å². The lowest BCUT2D eigenvalue weighted by Crippen LogP contribution is -2.15. The number of nitrogen functional groups attached to an aromatic ring is 1. The predicted molar refractivity (Wildman–Crippen MR) is 55.9 cm³/mol. The Morgan fingerprint density at radius 3 is 2.94 bits per heavy atom. The van der Waals surface area contributed by atoms with Gasteiger partial charge in [-0.3, -0.25) is 4.79 Å². The van der Waals surface area contributed by atoms with Crippen molar-refractivity contribution < 1.29 is 9.42 Å². The van der Waals surface area contributed by atoms with Crippen LogP contribution in [0.2, 0.25) is 5.02 Å². The van der Waals surface area contributed by atoms with Crippen molar-refractivity contribution in [3.05, 3.63) is 29.0 Å². The highest BCUT2D eigenvalue weighted by Crippen LogP contribution is 2.13. The van der Waals surface area contributed by atoms with E-state index in [2.05, 4.69) is 25.2 Å². The second kappa shape index (κ2) is 4.15. The van der Waals surface area contributed by atoms with E-state index in [0.717, 1.165) is 0 Å². The van der Waals surface area contributed by atoms with Gasteiger partial charge in [0, 0.05) is 11.2 Å². The Morgan fingerprint density at radius 2 is 2.31 bits per heavy atom. The Kier molecular flexibility index (Phi) is 2.69. The number of carbonyl (C=O) groups excluding carboxylic acids is 1. The fraction of sp³-hybridized carbons (Fsp3) is 0. The number of halogens is 1. The topological polar surface area (TPSA) is 107 Å². The van der Waals surface area contributed by atoms with Crippen LogP contribution in [-0.2, 0) is 0 Å². The molecule has 0 bridgehead atoms. The Hall–Kier alpha value is -2.15. The second-order valence-corrected chi connectivity index (χ2v) is 3.25. The fourth-order valence-electron chi connectivity index (χ4n) is 1.00.